The van der Waals surface area contributed by atoms with Crippen LogP contribution in [0.4, 0.5) is 5.13 Å². The van der Waals surface area contributed by atoms with E-state index in [2.05, 4.69) is 58.1 Å². The van der Waals surface area contributed by atoms with Gasteiger partial charge in [0.05, 0.1) is 25.1 Å². The summed E-state index contributed by atoms with van der Waals surface area (Å²) in [5.41, 5.74) is 6.49. The molecule has 5 rings (SSSR count). The normalized spacial score (nSPS) is 19.1. The Hall–Kier alpha value is -2.22. The second-order valence-electron chi connectivity index (χ2n) is 8.26. The van der Waals surface area contributed by atoms with Crippen molar-refractivity contribution in [1.82, 2.24) is 20.1 Å². The number of aromatic nitrogens is 3. The Balaban J connectivity index is 1.29. The zero-order chi connectivity index (χ0) is 20.5. The third kappa shape index (κ3) is 3.89. The Kier molecular flexibility index (Phi) is 5.58. The molecule has 1 aliphatic carbocycles. The number of nitrogens with one attached hydrogen (secondary N) is 1. The zero-order valence-corrected chi connectivity index (χ0v) is 18.5. The van der Waals surface area contributed by atoms with Gasteiger partial charge in [-0.3, -0.25) is 0 Å². The second-order valence-corrected chi connectivity index (χ2v) is 9.35. The molecule has 1 atom stereocenters. The highest BCUT2D eigenvalue weighted by Gasteiger charge is 2.25. The first-order valence-electron chi connectivity index (χ1n) is 10.8. The molecule has 7 heteroatoms. The van der Waals surface area contributed by atoms with Crippen molar-refractivity contribution in [2.45, 2.75) is 45.7 Å². The van der Waals surface area contributed by atoms with Crippen LogP contribution in [0.1, 0.15) is 46.1 Å². The van der Waals surface area contributed by atoms with E-state index >= 15 is 0 Å². The molecule has 1 N–H and O–H groups in total. The van der Waals surface area contributed by atoms with Gasteiger partial charge >= 0.3 is 0 Å². The molecule has 0 radical (unpaired) electrons. The molecule has 3 aromatic rings. The lowest BCUT2D eigenvalue weighted by molar-refractivity contribution is 0.122. The molecule has 2 aromatic heterocycles. The standard InChI is InChI=1S/C23H29N5OS/c1-16-6-7-18(12-17(16)2)28-22-5-3-4-21(20(22)15-26-28)24-13-19-14-25-23(30-19)27-8-10-29-11-9-27/h6-7,12,14-15,21,24H,3-5,8-11,13H2,1-2H3. The van der Waals surface area contributed by atoms with Crippen LogP contribution in [0.2, 0.25) is 0 Å². The molecule has 2 aliphatic rings. The molecule has 1 saturated heterocycles. The molecule has 1 fully saturated rings. The molecule has 0 bridgehead atoms. The molecule has 0 saturated carbocycles. The predicted octanol–water partition coefficient (Wildman–Crippen LogP) is 3.95. The lowest BCUT2D eigenvalue weighted by Crippen LogP contribution is -2.36. The average Bonchev–Trinajstić information content (AvgIpc) is 3.42. The highest BCUT2D eigenvalue weighted by molar-refractivity contribution is 7.15. The van der Waals surface area contributed by atoms with Crippen LogP contribution >= 0.6 is 11.3 Å². The van der Waals surface area contributed by atoms with Gasteiger partial charge in [-0.05, 0) is 56.4 Å². The van der Waals surface area contributed by atoms with Gasteiger partial charge in [0.15, 0.2) is 5.13 Å². The molecular formula is C23H29N5OS. The zero-order valence-electron chi connectivity index (χ0n) is 17.7. The lowest BCUT2D eigenvalue weighted by atomic mass is 9.93. The summed E-state index contributed by atoms with van der Waals surface area (Å²) in [7, 11) is 0. The third-order valence-corrected chi connectivity index (χ3v) is 7.32. The minimum Gasteiger partial charge on any atom is -0.378 e. The van der Waals surface area contributed by atoms with Gasteiger partial charge in [-0.15, -0.1) is 11.3 Å². The highest BCUT2D eigenvalue weighted by Crippen LogP contribution is 2.32. The van der Waals surface area contributed by atoms with E-state index in [0.29, 0.717) is 6.04 Å². The quantitative estimate of drug-likeness (QED) is 0.673. The third-order valence-electron chi connectivity index (χ3n) is 6.26. The Morgan fingerprint density at radius 2 is 2.03 bits per heavy atom. The van der Waals surface area contributed by atoms with Gasteiger partial charge in [0.2, 0.25) is 0 Å². The molecule has 1 aromatic carbocycles. The fraction of sp³-hybridized carbons (Fsp3) is 0.478. The smallest absolute Gasteiger partial charge is 0.185 e. The Labute approximate surface area is 181 Å². The summed E-state index contributed by atoms with van der Waals surface area (Å²) in [6.45, 7) is 8.63. The van der Waals surface area contributed by atoms with E-state index in [-0.39, 0.29) is 0 Å². The summed E-state index contributed by atoms with van der Waals surface area (Å²) in [5.74, 6) is 0. The summed E-state index contributed by atoms with van der Waals surface area (Å²) in [6, 6.07) is 6.96. The van der Waals surface area contributed by atoms with E-state index in [1.54, 1.807) is 11.3 Å². The number of hydrogen-bond donors (Lipinski definition) is 1. The van der Waals surface area contributed by atoms with E-state index in [0.717, 1.165) is 56.5 Å². The fourth-order valence-corrected chi connectivity index (χ4v) is 5.26. The van der Waals surface area contributed by atoms with Crippen LogP contribution in [0.3, 0.4) is 0 Å². The molecular weight excluding hydrogens is 394 g/mol. The Morgan fingerprint density at radius 1 is 1.17 bits per heavy atom. The predicted molar refractivity (Wildman–Crippen MR) is 121 cm³/mol. The number of thiazole rings is 1. The number of rotatable bonds is 5. The van der Waals surface area contributed by atoms with Crippen LogP contribution in [0.25, 0.3) is 5.69 Å². The minimum atomic E-state index is 0.350. The van der Waals surface area contributed by atoms with Crippen LogP contribution in [0.15, 0.2) is 30.6 Å². The van der Waals surface area contributed by atoms with Crippen molar-refractivity contribution < 1.29 is 4.74 Å². The van der Waals surface area contributed by atoms with Crippen molar-refractivity contribution in [3.05, 3.63) is 57.9 Å². The summed E-state index contributed by atoms with van der Waals surface area (Å²) < 4.78 is 7.59. The van der Waals surface area contributed by atoms with E-state index in [1.165, 1.54) is 33.7 Å². The molecule has 30 heavy (non-hydrogen) atoms. The number of fused-ring (bicyclic) bond motifs is 1. The SMILES string of the molecule is Cc1ccc(-n2ncc3c2CCCC3NCc2cnc(N3CCOCC3)s2)cc1C. The minimum absolute atomic E-state index is 0.350. The summed E-state index contributed by atoms with van der Waals surface area (Å²) >= 11 is 1.79. The monoisotopic (exact) mass is 423 g/mol. The topological polar surface area (TPSA) is 55.2 Å². The molecule has 3 heterocycles. The average molecular weight is 424 g/mol. The van der Waals surface area contributed by atoms with Crippen LogP contribution in [0, 0.1) is 13.8 Å². The number of anilines is 1. The summed E-state index contributed by atoms with van der Waals surface area (Å²) in [4.78, 5) is 8.25. The van der Waals surface area contributed by atoms with Crippen molar-refractivity contribution in [2.24, 2.45) is 0 Å². The first-order chi connectivity index (χ1) is 14.7. The van der Waals surface area contributed by atoms with Crippen molar-refractivity contribution >= 4 is 16.5 Å². The fourth-order valence-electron chi connectivity index (χ4n) is 4.35. The summed E-state index contributed by atoms with van der Waals surface area (Å²) in [5, 5.41) is 9.64. The largest absolute Gasteiger partial charge is 0.378 e. The second kappa shape index (κ2) is 8.49. The molecule has 1 unspecified atom stereocenters. The van der Waals surface area contributed by atoms with Crippen molar-refractivity contribution in [3.63, 3.8) is 0 Å². The molecule has 6 nitrogen and oxygen atoms in total. The Bertz CT molecular complexity index is 1020. The number of ether oxygens (including phenoxy) is 1. The molecule has 1 aliphatic heterocycles. The van der Waals surface area contributed by atoms with Crippen molar-refractivity contribution in [3.8, 4) is 5.69 Å². The van der Waals surface area contributed by atoms with E-state index in [4.69, 9.17) is 9.84 Å². The maximum Gasteiger partial charge on any atom is 0.185 e. The number of benzene rings is 1. The van der Waals surface area contributed by atoms with Crippen LogP contribution < -0.4 is 10.2 Å². The van der Waals surface area contributed by atoms with Gasteiger partial charge in [-0.2, -0.15) is 5.10 Å². The van der Waals surface area contributed by atoms with Gasteiger partial charge in [-0.1, -0.05) is 6.07 Å². The van der Waals surface area contributed by atoms with Gasteiger partial charge in [0.1, 0.15) is 0 Å². The number of hydrogen-bond acceptors (Lipinski definition) is 6. The van der Waals surface area contributed by atoms with Gasteiger partial charge in [-0.25, -0.2) is 9.67 Å². The molecule has 158 valence electrons. The first-order valence-corrected chi connectivity index (χ1v) is 11.7. The summed E-state index contributed by atoms with van der Waals surface area (Å²) in [6.07, 6.45) is 7.50. The van der Waals surface area contributed by atoms with Crippen molar-refractivity contribution in [1.29, 1.82) is 0 Å². The van der Waals surface area contributed by atoms with E-state index < -0.39 is 0 Å². The van der Waals surface area contributed by atoms with Crippen LogP contribution in [-0.4, -0.2) is 41.1 Å². The Morgan fingerprint density at radius 3 is 2.87 bits per heavy atom. The highest BCUT2D eigenvalue weighted by atomic mass is 32.1. The van der Waals surface area contributed by atoms with Gasteiger partial charge in [0, 0.05) is 48.0 Å². The van der Waals surface area contributed by atoms with Crippen LogP contribution in [0.5, 0.6) is 0 Å². The molecule has 0 amide bonds. The van der Waals surface area contributed by atoms with Gasteiger partial charge in [0.25, 0.3) is 0 Å². The number of aryl methyl sites for hydroxylation is 2. The first kappa shape index (κ1) is 19.7. The van der Waals surface area contributed by atoms with E-state index in [1.807, 2.05) is 6.20 Å². The molecule has 0 spiro atoms. The maximum absolute atomic E-state index is 5.45. The van der Waals surface area contributed by atoms with Crippen LogP contribution in [-0.2, 0) is 17.7 Å². The van der Waals surface area contributed by atoms with Crippen molar-refractivity contribution in [2.75, 3.05) is 31.2 Å². The van der Waals surface area contributed by atoms with Gasteiger partial charge < -0.3 is 15.0 Å². The number of nitrogens with zero attached hydrogens (tertiary/aromatic N) is 4. The maximum atomic E-state index is 5.45. The lowest BCUT2D eigenvalue weighted by Gasteiger charge is -2.26. The number of morpholine rings is 1. The van der Waals surface area contributed by atoms with E-state index in [9.17, 15) is 0 Å².